The van der Waals surface area contributed by atoms with Crippen LogP contribution < -0.4 is 0 Å². The Morgan fingerprint density at radius 2 is 0.871 bits per heavy atom. The van der Waals surface area contributed by atoms with E-state index in [9.17, 15) is 0 Å². The minimum Gasteiger partial charge on any atom is -0.309 e. The van der Waals surface area contributed by atoms with Gasteiger partial charge in [0, 0.05) is 55.2 Å². The average molecular weight is 792 g/mol. The number of hydrogen-bond donors (Lipinski definition) is 0. The fraction of sp³-hybridized carbons (Fsp3) is 0. The van der Waals surface area contributed by atoms with Crippen molar-refractivity contribution in [3.63, 3.8) is 0 Å². The van der Waals surface area contributed by atoms with Crippen LogP contribution >= 0.6 is 0 Å². The average Bonchev–Trinajstić information content (AvgIpc) is 3.92. The van der Waals surface area contributed by atoms with E-state index in [1.165, 1.54) is 27.2 Å². The lowest BCUT2D eigenvalue weighted by molar-refractivity contribution is 0.979. The Hall–Kier alpha value is -8.41. The topological polar surface area (TPSA) is 48.0 Å². The van der Waals surface area contributed by atoms with Crippen molar-refractivity contribution in [2.75, 3.05) is 0 Å². The molecule has 0 saturated carbocycles. The van der Waals surface area contributed by atoms with E-state index in [2.05, 4.69) is 215 Å². The molecule has 0 N–H and O–H groups in total. The maximum absolute atomic E-state index is 5.51. The Bertz CT molecular complexity index is 3570. The number of para-hydroxylation sites is 2. The lowest BCUT2D eigenvalue weighted by Crippen LogP contribution is -1.98. The van der Waals surface area contributed by atoms with Crippen LogP contribution in [0.15, 0.2) is 224 Å². The Kier molecular flexibility index (Phi) is 8.42. The summed E-state index contributed by atoms with van der Waals surface area (Å²) in [5.74, 6) is 0.669. The zero-order valence-electron chi connectivity index (χ0n) is 33.6. The molecule has 290 valence electrons. The van der Waals surface area contributed by atoms with Crippen molar-refractivity contribution < 1.29 is 0 Å². The number of hydrogen-bond acceptors (Lipinski definition) is 3. The zero-order valence-corrected chi connectivity index (χ0v) is 33.6. The third kappa shape index (κ3) is 5.98. The second-order valence-electron chi connectivity index (χ2n) is 15.7. The molecule has 0 fully saturated rings. The van der Waals surface area contributed by atoms with Crippen molar-refractivity contribution in [1.82, 2.24) is 24.1 Å². The van der Waals surface area contributed by atoms with E-state index in [1.54, 1.807) is 0 Å². The van der Waals surface area contributed by atoms with Gasteiger partial charge < -0.3 is 4.57 Å². The molecule has 0 amide bonds. The first-order valence-corrected chi connectivity index (χ1v) is 20.9. The summed E-state index contributed by atoms with van der Waals surface area (Å²) in [6.45, 7) is 0. The smallest absolute Gasteiger partial charge is 0.160 e. The predicted octanol–water partition coefficient (Wildman–Crippen LogP) is 14.4. The lowest BCUT2D eigenvalue weighted by atomic mass is 9.95. The van der Waals surface area contributed by atoms with Crippen LogP contribution in [0.3, 0.4) is 0 Å². The van der Waals surface area contributed by atoms with E-state index in [1.807, 2.05) is 18.2 Å². The minimum atomic E-state index is 0.669. The van der Waals surface area contributed by atoms with Gasteiger partial charge in [-0.05, 0) is 53.4 Å². The van der Waals surface area contributed by atoms with Crippen LogP contribution in [-0.2, 0) is 0 Å². The molecule has 5 heteroatoms. The van der Waals surface area contributed by atoms with E-state index in [-0.39, 0.29) is 0 Å². The third-order valence-electron chi connectivity index (χ3n) is 11.9. The molecule has 8 aromatic carbocycles. The molecular formula is C57H37N5. The van der Waals surface area contributed by atoms with Gasteiger partial charge in [0.1, 0.15) is 5.69 Å². The number of benzene rings is 8. The number of fused-ring (bicyclic) bond motifs is 6. The van der Waals surface area contributed by atoms with Crippen LogP contribution in [0.1, 0.15) is 0 Å². The Balaban J connectivity index is 1.05. The second kappa shape index (κ2) is 14.7. The van der Waals surface area contributed by atoms with Gasteiger partial charge in [-0.1, -0.05) is 182 Å². The molecule has 62 heavy (non-hydrogen) atoms. The highest BCUT2D eigenvalue weighted by molar-refractivity contribution is 6.10. The number of aromatic nitrogens is 5. The van der Waals surface area contributed by atoms with Gasteiger partial charge in [-0.3, -0.25) is 0 Å². The molecule has 4 heterocycles. The quantitative estimate of drug-likeness (QED) is 0.162. The van der Waals surface area contributed by atoms with Crippen molar-refractivity contribution in [3.05, 3.63) is 224 Å². The van der Waals surface area contributed by atoms with E-state index >= 15 is 0 Å². The summed E-state index contributed by atoms with van der Waals surface area (Å²) in [5, 5.41) is 10.3. The summed E-state index contributed by atoms with van der Waals surface area (Å²) in [5.41, 5.74) is 15.4. The largest absolute Gasteiger partial charge is 0.309 e. The van der Waals surface area contributed by atoms with E-state index < -0.39 is 0 Å². The van der Waals surface area contributed by atoms with Gasteiger partial charge in [0.15, 0.2) is 5.82 Å². The van der Waals surface area contributed by atoms with Crippen molar-refractivity contribution in [2.24, 2.45) is 0 Å². The molecule has 0 aliphatic carbocycles. The van der Waals surface area contributed by atoms with Crippen LogP contribution in [0.2, 0.25) is 0 Å². The monoisotopic (exact) mass is 791 g/mol. The molecule has 0 aliphatic rings. The molecule has 12 aromatic rings. The van der Waals surface area contributed by atoms with Crippen molar-refractivity contribution >= 4 is 38.1 Å². The first-order valence-electron chi connectivity index (χ1n) is 20.9. The van der Waals surface area contributed by atoms with Gasteiger partial charge in [0.25, 0.3) is 0 Å². The molecule has 12 rings (SSSR count). The SMILES string of the molecule is c1ccc(-c2nc(-c3cccc(-c4nn5c(-c6ccccc6)cc6ccccc6c5c4-c4ccccc4)c3)cc(-c3cccc(-n4c5ccccc5c5ccccc54)c3)n2)cc1. The maximum Gasteiger partial charge on any atom is 0.160 e. The molecule has 4 aromatic heterocycles. The first-order chi connectivity index (χ1) is 30.7. The van der Waals surface area contributed by atoms with Crippen LogP contribution in [0.25, 0.3) is 111 Å². The number of rotatable bonds is 7. The Morgan fingerprint density at radius 1 is 0.355 bits per heavy atom. The molecule has 0 atom stereocenters. The minimum absolute atomic E-state index is 0.669. The Morgan fingerprint density at radius 3 is 1.55 bits per heavy atom. The summed E-state index contributed by atoms with van der Waals surface area (Å²) >= 11 is 0. The normalized spacial score (nSPS) is 11.5. The summed E-state index contributed by atoms with van der Waals surface area (Å²) in [6, 6.07) is 79.0. The highest BCUT2D eigenvalue weighted by Gasteiger charge is 2.22. The molecule has 0 bridgehead atoms. The first kappa shape index (κ1) is 35.5. The van der Waals surface area contributed by atoms with Crippen LogP contribution in [-0.4, -0.2) is 24.1 Å². The van der Waals surface area contributed by atoms with Crippen LogP contribution in [0.5, 0.6) is 0 Å². The molecule has 5 nitrogen and oxygen atoms in total. The zero-order chi connectivity index (χ0) is 41.0. The summed E-state index contributed by atoms with van der Waals surface area (Å²) < 4.78 is 4.49. The second-order valence-corrected chi connectivity index (χ2v) is 15.7. The molecule has 0 unspecified atom stereocenters. The van der Waals surface area contributed by atoms with E-state index in [0.29, 0.717) is 5.82 Å². The molecule has 0 saturated heterocycles. The fourth-order valence-corrected chi connectivity index (χ4v) is 9.07. The van der Waals surface area contributed by atoms with Crippen LogP contribution in [0, 0.1) is 0 Å². The molecular weight excluding hydrogens is 755 g/mol. The highest BCUT2D eigenvalue weighted by atomic mass is 15.2. The highest BCUT2D eigenvalue weighted by Crippen LogP contribution is 2.42. The van der Waals surface area contributed by atoms with Crippen molar-refractivity contribution in [2.45, 2.75) is 0 Å². The van der Waals surface area contributed by atoms with Gasteiger partial charge in [0.2, 0.25) is 0 Å². The van der Waals surface area contributed by atoms with Gasteiger partial charge in [-0.2, -0.15) is 5.10 Å². The van der Waals surface area contributed by atoms with Gasteiger partial charge in [0.05, 0.1) is 33.6 Å². The summed E-state index contributed by atoms with van der Waals surface area (Å²) in [6.07, 6.45) is 0. The van der Waals surface area contributed by atoms with E-state index in [4.69, 9.17) is 15.1 Å². The predicted molar refractivity (Wildman–Crippen MR) is 255 cm³/mol. The molecule has 0 aliphatic heterocycles. The lowest BCUT2D eigenvalue weighted by Gasteiger charge is -2.13. The molecule has 0 spiro atoms. The standard InChI is InChI=1S/C57H37N5/c1-4-18-38(19-5-1)53-36-41-24-10-11-29-46(41)56-54(39-20-6-2-7-21-39)55(60-62(53)56)44-27-16-25-42(34-44)49-37-50(59-57(58-49)40-22-8-3-9-23-40)43-26-17-28-45(35-43)61-51-32-14-12-30-47(51)48-31-13-15-33-52(48)61/h1-37H. The molecule has 0 radical (unpaired) electrons. The van der Waals surface area contributed by atoms with Gasteiger partial charge in [-0.25, -0.2) is 14.5 Å². The maximum atomic E-state index is 5.51. The van der Waals surface area contributed by atoms with Gasteiger partial charge in [-0.15, -0.1) is 0 Å². The summed E-state index contributed by atoms with van der Waals surface area (Å²) in [7, 11) is 0. The van der Waals surface area contributed by atoms with Crippen molar-refractivity contribution in [1.29, 1.82) is 0 Å². The summed E-state index contributed by atoms with van der Waals surface area (Å²) in [4.78, 5) is 10.5. The van der Waals surface area contributed by atoms with Gasteiger partial charge >= 0.3 is 0 Å². The van der Waals surface area contributed by atoms with Crippen molar-refractivity contribution in [3.8, 4) is 73.2 Å². The Labute approximate surface area is 358 Å². The number of pyridine rings is 1. The van der Waals surface area contributed by atoms with Crippen LogP contribution in [0.4, 0.5) is 0 Å². The third-order valence-corrected chi connectivity index (χ3v) is 11.9. The fourth-order valence-electron chi connectivity index (χ4n) is 9.07. The number of nitrogens with zero attached hydrogens (tertiary/aromatic N) is 5. The van der Waals surface area contributed by atoms with E-state index in [0.717, 1.165) is 78.3 Å².